The van der Waals surface area contributed by atoms with Gasteiger partial charge in [-0.2, -0.15) is 0 Å². The van der Waals surface area contributed by atoms with Crippen molar-refractivity contribution >= 4 is 159 Å². The highest BCUT2D eigenvalue weighted by atomic mass is 16.3. The lowest BCUT2D eigenvalue weighted by molar-refractivity contribution is 0.669. The largest absolute Gasteiger partial charge is 0.456 e. The molecular weight excluding hydrogens is 696 g/mol. The monoisotopic (exact) mass is 720 g/mol. The smallest absolute Gasteiger partial charge is 0.137 e. The third-order valence-electron chi connectivity index (χ3n) is 11.7. The third kappa shape index (κ3) is 4.72. The van der Waals surface area contributed by atoms with Gasteiger partial charge in [0, 0.05) is 38.3 Å². The number of benzene rings is 8. The predicted molar refractivity (Wildman–Crippen MR) is 251 cm³/mol. The molecule has 0 aliphatic heterocycles. The first kappa shape index (κ1) is 34.8. The Balaban J connectivity index is 1.27. The van der Waals surface area contributed by atoms with E-state index in [2.05, 4.69) is 71.3 Å². The molecule has 252 valence electrons. The Morgan fingerprint density at radius 1 is 0.379 bits per heavy atom. The van der Waals surface area contributed by atoms with E-state index in [0.29, 0.717) is 49.3 Å². The lowest BCUT2D eigenvalue weighted by atomic mass is 9.64. The van der Waals surface area contributed by atoms with Crippen molar-refractivity contribution < 1.29 is 4.42 Å². The Kier molecular flexibility index (Phi) is 7.69. The van der Waals surface area contributed by atoms with Crippen molar-refractivity contribution in [2.24, 2.45) is 0 Å². The number of fused-ring (bicyclic) bond motifs is 9. The summed E-state index contributed by atoms with van der Waals surface area (Å²) in [4.78, 5) is 0. The van der Waals surface area contributed by atoms with E-state index >= 15 is 0 Å². The summed E-state index contributed by atoms with van der Waals surface area (Å²) >= 11 is 0. The zero-order valence-corrected chi connectivity index (χ0v) is 31.1. The van der Waals surface area contributed by atoms with Crippen molar-refractivity contribution in [3.8, 4) is 33.6 Å². The van der Waals surface area contributed by atoms with Crippen LogP contribution >= 0.6 is 0 Å². The summed E-state index contributed by atoms with van der Waals surface area (Å²) in [5.41, 5.74) is 11.7. The van der Waals surface area contributed by atoms with Crippen LogP contribution in [-0.4, -0.2) is 64.1 Å². The van der Waals surface area contributed by atoms with Crippen molar-refractivity contribution in [2.45, 2.75) is 0 Å². The van der Waals surface area contributed by atoms with Crippen molar-refractivity contribution in [3.05, 3.63) is 140 Å². The van der Waals surface area contributed by atoms with Crippen LogP contribution in [0, 0.1) is 0 Å². The normalized spacial score (nSPS) is 11.9. The molecule has 3 nitrogen and oxygen atoms in total. The van der Waals surface area contributed by atoms with Gasteiger partial charge >= 0.3 is 0 Å². The molecule has 58 heavy (non-hydrogen) atoms. The van der Waals surface area contributed by atoms with Crippen LogP contribution in [0.5, 0.6) is 0 Å². The van der Waals surface area contributed by atoms with Crippen LogP contribution in [-0.2, 0) is 0 Å². The fourth-order valence-electron chi connectivity index (χ4n) is 9.13. The summed E-state index contributed by atoms with van der Waals surface area (Å²) in [6, 6.07) is 47.2. The summed E-state index contributed by atoms with van der Waals surface area (Å²) in [6.45, 7) is 0. The standard InChI is InChI=1S/C48H23B7N2O/c49-40-35(25-21-22-30-29(23-25)36-27(24-11-3-1-4-12-24)16-9-17-31(36)56(30)26-13-5-2-6-14-26)41(50)45(54)47-38(40)39-42(51)43(52)44(53)46(55)48(39)57(47)32-18-10-20-34-37(32)28-15-7-8-19-33(28)58-34/h1-23H. The summed E-state index contributed by atoms with van der Waals surface area (Å²) in [5.74, 6) is 0. The second kappa shape index (κ2) is 12.8. The Labute approximate surface area is 343 Å². The molecule has 0 amide bonds. The highest BCUT2D eigenvalue weighted by Gasteiger charge is 2.26. The maximum atomic E-state index is 7.40. The van der Waals surface area contributed by atoms with Gasteiger partial charge < -0.3 is 13.6 Å². The van der Waals surface area contributed by atoms with Crippen LogP contribution in [0.15, 0.2) is 144 Å². The van der Waals surface area contributed by atoms with E-state index in [0.717, 1.165) is 66.2 Å². The van der Waals surface area contributed by atoms with Crippen molar-refractivity contribution in [1.29, 1.82) is 0 Å². The van der Waals surface area contributed by atoms with Crippen molar-refractivity contribution in [1.82, 2.24) is 9.13 Å². The molecule has 0 atom stereocenters. The molecule has 10 heteroatoms. The molecule has 0 saturated carbocycles. The molecule has 3 heterocycles. The van der Waals surface area contributed by atoms with Gasteiger partial charge in [0.1, 0.15) is 66.1 Å². The van der Waals surface area contributed by atoms with Gasteiger partial charge in [0.05, 0.1) is 22.1 Å². The van der Waals surface area contributed by atoms with Gasteiger partial charge in [0.25, 0.3) is 0 Å². The molecule has 14 radical (unpaired) electrons. The molecular formula is C48H23B7N2O. The van der Waals surface area contributed by atoms with Gasteiger partial charge in [-0.25, -0.2) is 0 Å². The van der Waals surface area contributed by atoms with Crippen LogP contribution in [0.2, 0.25) is 0 Å². The van der Waals surface area contributed by atoms with Gasteiger partial charge in [-0.1, -0.05) is 118 Å². The Hall–Kier alpha value is -6.39. The average Bonchev–Trinajstić information content (AvgIpc) is 3.93. The maximum Gasteiger partial charge on any atom is 0.137 e. The Morgan fingerprint density at radius 3 is 1.79 bits per heavy atom. The molecule has 0 bridgehead atoms. The number of hydrogen-bond acceptors (Lipinski definition) is 1. The molecule has 11 rings (SSSR count). The fraction of sp³-hybridized carbons (Fsp3) is 0. The number of nitrogens with zero attached hydrogens (tertiary/aromatic N) is 2. The molecule has 8 aromatic carbocycles. The number of aromatic nitrogens is 2. The molecule has 0 aliphatic rings. The van der Waals surface area contributed by atoms with E-state index in [1.807, 2.05) is 77.4 Å². The Morgan fingerprint density at radius 2 is 1.02 bits per heavy atom. The lowest BCUT2D eigenvalue weighted by Crippen LogP contribution is -2.48. The summed E-state index contributed by atoms with van der Waals surface area (Å²) in [6.07, 6.45) is 0. The molecule has 0 aliphatic carbocycles. The minimum Gasteiger partial charge on any atom is -0.456 e. The van der Waals surface area contributed by atoms with E-state index in [-0.39, 0.29) is 21.9 Å². The van der Waals surface area contributed by atoms with Crippen LogP contribution in [0.3, 0.4) is 0 Å². The average molecular weight is 719 g/mol. The summed E-state index contributed by atoms with van der Waals surface area (Å²) in [7, 11) is 48.8. The second-order valence-corrected chi connectivity index (χ2v) is 14.8. The van der Waals surface area contributed by atoms with Crippen LogP contribution in [0.25, 0.3) is 99.2 Å². The van der Waals surface area contributed by atoms with E-state index in [1.54, 1.807) is 0 Å². The number of rotatable bonds is 4. The van der Waals surface area contributed by atoms with E-state index in [4.69, 9.17) is 59.3 Å². The molecule has 11 aromatic rings. The van der Waals surface area contributed by atoms with E-state index in [9.17, 15) is 0 Å². The summed E-state index contributed by atoms with van der Waals surface area (Å²) in [5, 5.41) is 4.97. The highest BCUT2D eigenvalue weighted by Crippen LogP contribution is 2.41. The predicted octanol–water partition coefficient (Wildman–Crippen LogP) is 4.67. The molecule has 0 N–H and O–H groups in total. The van der Waals surface area contributed by atoms with Crippen LogP contribution < -0.4 is 38.2 Å². The van der Waals surface area contributed by atoms with Gasteiger partial charge in [-0.3, -0.25) is 0 Å². The van der Waals surface area contributed by atoms with Gasteiger partial charge in [0.15, 0.2) is 0 Å². The first-order chi connectivity index (χ1) is 28.2. The quantitative estimate of drug-likeness (QED) is 0.243. The zero-order chi connectivity index (χ0) is 39.6. The lowest BCUT2D eigenvalue weighted by Gasteiger charge is -2.19. The van der Waals surface area contributed by atoms with E-state index in [1.165, 1.54) is 0 Å². The molecule has 0 saturated heterocycles. The van der Waals surface area contributed by atoms with Crippen molar-refractivity contribution in [2.75, 3.05) is 0 Å². The highest BCUT2D eigenvalue weighted by molar-refractivity contribution is 6.69. The van der Waals surface area contributed by atoms with Gasteiger partial charge in [-0.15, -0.1) is 10.9 Å². The van der Waals surface area contributed by atoms with Gasteiger partial charge in [-0.05, 0) is 76.2 Å². The third-order valence-corrected chi connectivity index (χ3v) is 11.7. The minimum atomic E-state index is 0.163. The SMILES string of the molecule is [B]c1c([B])c([B])c2c(c1[B])c1c([B])c(-c3ccc4c(c3)c3c(-c5ccccc5)cccc3n4-c3ccccc3)c([B])c([B])c1n2-c1cccc2oc3ccccc3c12. The zero-order valence-electron chi connectivity index (χ0n) is 31.1. The van der Waals surface area contributed by atoms with Crippen molar-refractivity contribution in [3.63, 3.8) is 0 Å². The topological polar surface area (TPSA) is 23.0 Å². The fourth-order valence-corrected chi connectivity index (χ4v) is 9.13. The van der Waals surface area contributed by atoms with E-state index < -0.39 is 0 Å². The van der Waals surface area contributed by atoms with Gasteiger partial charge in [0.2, 0.25) is 0 Å². The molecule has 0 spiro atoms. The molecule has 0 fully saturated rings. The summed E-state index contributed by atoms with van der Waals surface area (Å²) < 4.78 is 10.5. The second-order valence-electron chi connectivity index (χ2n) is 14.8. The number of para-hydroxylation sites is 2. The Bertz CT molecular complexity index is 3530. The molecule has 3 aromatic heterocycles. The van der Waals surface area contributed by atoms with Crippen LogP contribution in [0.4, 0.5) is 0 Å². The minimum absolute atomic E-state index is 0.163. The number of hydrogen-bond donors (Lipinski definition) is 0. The van der Waals surface area contributed by atoms with Crippen LogP contribution in [0.1, 0.15) is 0 Å². The molecule has 0 unspecified atom stereocenters. The number of furan rings is 1. The first-order valence-corrected chi connectivity index (χ1v) is 18.9. The first-order valence-electron chi connectivity index (χ1n) is 18.9. The maximum absolute atomic E-state index is 7.40.